The smallest absolute Gasteiger partial charge is 0.255 e. The summed E-state index contributed by atoms with van der Waals surface area (Å²) in [4.78, 5) is 28.5. The zero-order valence-corrected chi connectivity index (χ0v) is 14.2. The zero-order chi connectivity index (χ0) is 17.5. The molecule has 0 spiro atoms. The van der Waals surface area contributed by atoms with Crippen LogP contribution in [0.2, 0.25) is 0 Å². The summed E-state index contributed by atoms with van der Waals surface area (Å²) in [6, 6.07) is 21.5. The number of thioether (sulfide) groups is 1. The predicted octanol–water partition coefficient (Wildman–Crippen LogP) is 4.31. The first-order valence-electron chi connectivity index (χ1n) is 7.76. The van der Waals surface area contributed by atoms with Crippen molar-refractivity contribution in [3.63, 3.8) is 0 Å². The maximum absolute atomic E-state index is 12.2. The summed E-state index contributed by atoms with van der Waals surface area (Å²) in [5.74, 6) is 0.175. The van der Waals surface area contributed by atoms with Crippen LogP contribution in [0.5, 0.6) is 0 Å². The van der Waals surface area contributed by atoms with Gasteiger partial charge in [0.15, 0.2) is 5.78 Å². The number of amides is 1. The van der Waals surface area contributed by atoms with E-state index in [4.69, 9.17) is 0 Å². The predicted molar refractivity (Wildman–Crippen MR) is 100 cm³/mol. The van der Waals surface area contributed by atoms with Gasteiger partial charge in [-0.1, -0.05) is 36.0 Å². The summed E-state index contributed by atoms with van der Waals surface area (Å²) < 4.78 is 0. The first-order chi connectivity index (χ1) is 12.2. The number of nitrogens with zero attached hydrogens (tertiary/aromatic N) is 1. The fraction of sp³-hybridized carbons (Fsp3) is 0.0500. The molecule has 0 aliphatic carbocycles. The molecule has 0 saturated carbocycles. The standard InChI is InChI=1S/C20H16N2O2S/c23-18(14-25-19-8-4-5-13-21-19)15-9-11-17(12-10-15)22-20(24)16-6-2-1-3-7-16/h1-13H,14H2,(H,22,24). The molecular weight excluding hydrogens is 332 g/mol. The van der Waals surface area contributed by atoms with Gasteiger partial charge in [0.2, 0.25) is 0 Å². The maximum atomic E-state index is 12.2. The molecular formula is C20H16N2O2S. The van der Waals surface area contributed by atoms with Crippen molar-refractivity contribution in [2.75, 3.05) is 11.1 Å². The summed E-state index contributed by atoms with van der Waals surface area (Å²) in [6.07, 6.45) is 1.71. The number of rotatable bonds is 6. The lowest BCUT2D eigenvalue weighted by atomic mass is 10.1. The van der Waals surface area contributed by atoms with Crippen LogP contribution < -0.4 is 5.32 Å². The molecule has 0 unspecified atom stereocenters. The zero-order valence-electron chi connectivity index (χ0n) is 13.4. The van der Waals surface area contributed by atoms with Crippen LogP contribution in [-0.2, 0) is 0 Å². The van der Waals surface area contributed by atoms with E-state index >= 15 is 0 Å². The molecule has 0 bridgehead atoms. The number of hydrogen-bond donors (Lipinski definition) is 1. The monoisotopic (exact) mass is 348 g/mol. The minimum absolute atomic E-state index is 0.0246. The van der Waals surface area contributed by atoms with E-state index in [1.807, 2.05) is 36.4 Å². The van der Waals surface area contributed by atoms with E-state index in [-0.39, 0.29) is 11.7 Å². The Balaban J connectivity index is 1.58. The third-order valence-electron chi connectivity index (χ3n) is 3.49. The third kappa shape index (κ3) is 4.78. The van der Waals surface area contributed by atoms with E-state index in [1.54, 1.807) is 42.6 Å². The average molecular weight is 348 g/mol. The van der Waals surface area contributed by atoms with Gasteiger partial charge in [-0.05, 0) is 48.5 Å². The molecule has 0 atom stereocenters. The molecule has 3 rings (SSSR count). The number of carbonyl (C=O) groups excluding carboxylic acids is 2. The lowest BCUT2D eigenvalue weighted by molar-refractivity contribution is 0.101. The molecule has 5 heteroatoms. The van der Waals surface area contributed by atoms with Crippen molar-refractivity contribution in [1.29, 1.82) is 0 Å². The fourth-order valence-corrected chi connectivity index (χ4v) is 2.94. The number of ketones is 1. The fourth-order valence-electron chi connectivity index (χ4n) is 2.19. The van der Waals surface area contributed by atoms with Gasteiger partial charge < -0.3 is 5.32 Å². The highest BCUT2D eigenvalue weighted by Crippen LogP contribution is 2.17. The first-order valence-corrected chi connectivity index (χ1v) is 8.74. The Bertz CT molecular complexity index is 850. The van der Waals surface area contributed by atoms with Crippen LogP contribution in [0.25, 0.3) is 0 Å². The summed E-state index contributed by atoms with van der Waals surface area (Å²) in [5.41, 5.74) is 1.86. The van der Waals surface area contributed by atoms with Gasteiger partial charge >= 0.3 is 0 Å². The number of benzene rings is 2. The highest BCUT2D eigenvalue weighted by molar-refractivity contribution is 7.99. The quantitative estimate of drug-likeness (QED) is 0.533. The van der Waals surface area contributed by atoms with Gasteiger partial charge in [0.05, 0.1) is 10.8 Å². The minimum Gasteiger partial charge on any atom is -0.322 e. The minimum atomic E-state index is -0.176. The molecule has 25 heavy (non-hydrogen) atoms. The first kappa shape index (κ1) is 16.9. The maximum Gasteiger partial charge on any atom is 0.255 e. The van der Waals surface area contributed by atoms with Crippen LogP contribution in [-0.4, -0.2) is 22.4 Å². The van der Waals surface area contributed by atoms with Gasteiger partial charge in [-0.2, -0.15) is 0 Å². The second-order valence-corrected chi connectivity index (χ2v) is 6.27. The van der Waals surface area contributed by atoms with Gasteiger partial charge in [0, 0.05) is 23.0 Å². The molecule has 0 radical (unpaired) electrons. The van der Waals surface area contributed by atoms with Gasteiger partial charge in [-0.15, -0.1) is 0 Å². The van der Waals surface area contributed by atoms with Gasteiger partial charge in [0.25, 0.3) is 5.91 Å². The number of aromatic nitrogens is 1. The van der Waals surface area contributed by atoms with E-state index in [1.165, 1.54) is 11.8 Å². The summed E-state index contributed by atoms with van der Waals surface area (Å²) in [7, 11) is 0. The number of carbonyl (C=O) groups is 2. The van der Waals surface area contributed by atoms with Gasteiger partial charge in [-0.3, -0.25) is 9.59 Å². The topological polar surface area (TPSA) is 59.1 Å². The third-order valence-corrected chi connectivity index (χ3v) is 4.43. The SMILES string of the molecule is O=C(CSc1ccccn1)c1ccc(NC(=O)c2ccccc2)cc1. The molecule has 3 aromatic rings. The highest BCUT2D eigenvalue weighted by Gasteiger charge is 2.09. The van der Waals surface area contributed by atoms with Gasteiger partial charge in [0.1, 0.15) is 0 Å². The van der Waals surface area contributed by atoms with E-state index < -0.39 is 0 Å². The van der Waals surface area contributed by atoms with Crippen molar-refractivity contribution in [2.45, 2.75) is 5.03 Å². The van der Waals surface area contributed by atoms with Crippen molar-refractivity contribution in [3.05, 3.63) is 90.1 Å². The summed E-state index contributed by atoms with van der Waals surface area (Å²) >= 11 is 1.41. The number of anilines is 1. The number of Topliss-reactive ketones (excluding diaryl/α,β-unsaturated/α-hetero) is 1. The number of hydrogen-bond acceptors (Lipinski definition) is 4. The second-order valence-electron chi connectivity index (χ2n) is 5.28. The van der Waals surface area contributed by atoms with E-state index in [2.05, 4.69) is 10.3 Å². The molecule has 1 amide bonds. The van der Waals surface area contributed by atoms with Crippen LogP contribution in [0.3, 0.4) is 0 Å². The Hall–Kier alpha value is -2.92. The Morgan fingerprint density at radius 2 is 1.56 bits per heavy atom. The Kier molecular flexibility index (Phi) is 5.59. The van der Waals surface area contributed by atoms with E-state index in [0.717, 1.165) is 5.03 Å². The summed E-state index contributed by atoms with van der Waals surface area (Å²) in [5, 5.41) is 3.64. The van der Waals surface area contributed by atoms with Gasteiger partial charge in [-0.25, -0.2) is 4.98 Å². The van der Waals surface area contributed by atoms with Crippen LogP contribution >= 0.6 is 11.8 Å². The molecule has 2 aromatic carbocycles. The Labute approximate surface area is 150 Å². The van der Waals surface area contributed by atoms with Crippen molar-refractivity contribution in [1.82, 2.24) is 4.98 Å². The van der Waals surface area contributed by atoms with Crippen LogP contribution in [0.1, 0.15) is 20.7 Å². The molecule has 1 N–H and O–H groups in total. The molecule has 0 saturated heterocycles. The van der Waals surface area contributed by atoms with E-state index in [0.29, 0.717) is 22.6 Å². The Morgan fingerprint density at radius 3 is 2.24 bits per heavy atom. The summed E-state index contributed by atoms with van der Waals surface area (Å²) in [6.45, 7) is 0. The highest BCUT2D eigenvalue weighted by atomic mass is 32.2. The van der Waals surface area contributed by atoms with Crippen LogP contribution in [0, 0.1) is 0 Å². The van der Waals surface area contributed by atoms with Crippen molar-refractivity contribution in [3.8, 4) is 0 Å². The van der Waals surface area contributed by atoms with Crippen molar-refractivity contribution < 1.29 is 9.59 Å². The van der Waals surface area contributed by atoms with Crippen LogP contribution in [0.15, 0.2) is 84.0 Å². The lowest BCUT2D eigenvalue weighted by Crippen LogP contribution is -2.11. The lowest BCUT2D eigenvalue weighted by Gasteiger charge is -2.06. The number of pyridine rings is 1. The molecule has 1 heterocycles. The van der Waals surface area contributed by atoms with Crippen LogP contribution in [0.4, 0.5) is 5.69 Å². The number of nitrogens with one attached hydrogen (secondary N) is 1. The van der Waals surface area contributed by atoms with Crippen molar-refractivity contribution in [2.24, 2.45) is 0 Å². The molecule has 124 valence electrons. The Morgan fingerprint density at radius 1 is 0.840 bits per heavy atom. The molecule has 0 aliphatic heterocycles. The second kappa shape index (κ2) is 8.26. The van der Waals surface area contributed by atoms with Crippen molar-refractivity contribution >= 4 is 29.1 Å². The van der Waals surface area contributed by atoms with E-state index in [9.17, 15) is 9.59 Å². The average Bonchev–Trinajstić information content (AvgIpc) is 2.68. The normalized spacial score (nSPS) is 10.2. The molecule has 1 aromatic heterocycles. The molecule has 0 aliphatic rings. The molecule has 4 nitrogen and oxygen atoms in total. The molecule has 0 fully saturated rings. The largest absolute Gasteiger partial charge is 0.322 e.